The number of benzene rings is 2. The van der Waals surface area contributed by atoms with Gasteiger partial charge in [-0.1, -0.05) is 156 Å². The third-order valence-corrected chi connectivity index (χ3v) is 25.9. The number of hydrogen-bond acceptors (Lipinski definition) is 14. The number of nitriles is 2. The van der Waals surface area contributed by atoms with Crippen molar-refractivity contribution in [1.29, 1.82) is 21.3 Å². The quantitative estimate of drug-likeness (QED) is 0.0124. The number of hydrogen-bond donors (Lipinski definition) is 4. The minimum Gasteiger partial charge on any atom is -0.396 e. The minimum atomic E-state index is -1.20. The summed E-state index contributed by atoms with van der Waals surface area (Å²) in [7, 11) is 0. The van der Waals surface area contributed by atoms with E-state index in [0.29, 0.717) is 32.0 Å². The Bertz CT molecular complexity index is 4770. The second kappa shape index (κ2) is 32.5. The van der Waals surface area contributed by atoms with Crippen LogP contribution in [-0.2, 0) is 12.8 Å². The topological polar surface area (TPSA) is 190 Å². The number of halogens is 4. The lowest BCUT2D eigenvalue weighted by molar-refractivity contribution is 0.105. The fourth-order valence-corrected chi connectivity index (χ4v) is 21.4. The second-order valence-corrected chi connectivity index (χ2v) is 32.6. The zero-order chi connectivity index (χ0) is 71.1. The Hall–Kier alpha value is -8.44. The Balaban J connectivity index is 1.01. The third-order valence-electron chi connectivity index (χ3n) is 19.1. The van der Waals surface area contributed by atoms with E-state index in [1.165, 1.54) is 93.7 Å². The lowest BCUT2D eigenvalue weighted by Crippen LogP contribution is -2.29. The van der Waals surface area contributed by atoms with E-state index in [4.69, 9.17) is 24.6 Å². The lowest BCUT2D eigenvalue weighted by Gasteiger charge is -2.22. The summed E-state index contributed by atoms with van der Waals surface area (Å²) in [6, 6.07) is 19.2. The van der Waals surface area contributed by atoms with Crippen molar-refractivity contribution in [2.75, 3.05) is 0 Å². The van der Waals surface area contributed by atoms with Gasteiger partial charge in [0, 0.05) is 101 Å². The predicted octanol–water partition coefficient (Wildman–Crippen LogP) is 20.3. The second-order valence-electron chi connectivity index (χ2n) is 26.1. The third kappa shape index (κ3) is 15.1. The fourth-order valence-electron chi connectivity index (χ4n) is 14.0. The largest absolute Gasteiger partial charge is 0.396 e. The van der Waals surface area contributed by atoms with Gasteiger partial charge < -0.3 is 11.5 Å². The Kier molecular flexibility index (Phi) is 23.6. The summed E-state index contributed by atoms with van der Waals surface area (Å²) < 4.78 is 64.8. The zero-order valence-electron chi connectivity index (χ0n) is 56.4. The van der Waals surface area contributed by atoms with Crippen molar-refractivity contribution in [1.82, 2.24) is 0 Å². The van der Waals surface area contributed by atoms with E-state index in [-0.39, 0.29) is 78.8 Å². The first-order valence-corrected chi connectivity index (χ1v) is 39.3. The number of allylic oxidation sites excluding steroid dienone is 6. The molecule has 6 heterocycles. The predicted molar refractivity (Wildman–Crippen MR) is 407 cm³/mol. The Labute approximate surface area is 604 Å². The van der Waals surface area contributed by atoms with Gasteiger partial charge in [-0.3, -0.25) is 20.4 Å². The van der Waals surface area contributed by atoms with Gasteiger partial charge in [0.25, 0.3) is 11.4 Å². The summed E-state index contributed by atoms with van der Waals surface area (Å²) in [6.07, 6.45) is 28.5. The van der Waals surface area contributed by atoms with E-state index in [0.717, 1.165) is 198 Å². The number of unbranched alkanes of at least 4 members (excludes halogenated alkanes) is 12. The van der Waals surface area contributed by atoms with E-state index < -0.39 is 34.8 Å². The number of nitrogens with one attached hydrogen (secondary N) is 2. The number of nitrogens with two attached hydrogens (primary N) is 2. The highest BCUT2D eigenvalue weighted by atomic mass is 32.1. The standard InChI is InChI=1S/C80H76F4N8O2S6/c1-7-11-15-19-23-43(24-20-16-12-8-2)27-45-29-65(97-59(45)31-47-33-61-63(95-47)39-67(99-61)71-69(57(41-85)91-5)49-35-53(81)55(83)37-51(49)79(71)93)73-75(87)77(89)74(78(90)76(73)88)66-30-46(28-44(25-21-17-13-9-3)26-22-18-14-10-4)60(98-66)32-48-34-62-64(96-48)40-68(100-62)72-70(58(42-86)92-6)50-36-54(82)56(84)38-52(50)80(72)94/h29-40,43-44,87,89H,7-28,88,90H2,1-4H3/b47-31-,48-32-,69-57+,70-58?,71-67+,72-68+,87-75?,89-77?. The molecule has 100 heavy (non-hydrogen) atoms. The highest BCUT2D eigenvalue weighted by molar-refractivity contribution is 7.27. The minimum absolute atomic E-state index is 0.00868. The van der Waals surface area contributed by atoms with Gasteiger partial charge >= 0.3 is 0 Å². The molecule has 0 spiro atoms. The molecule has 8 aromatic rings. The molecule has 0 bridgehead atoms. The molecule has 11 rings (SSSR count). The number of nitrogens with zero attached hydrogens (tertiary/aromatic N) is 4. The van der Waals surface area contributed by atoms with Crippen LogP contribution in [0.15, 0.2) is 83.5 Å². The average molecular weight is 1450 g/mol. The molecule has 0 saturated heterocycles. The van der Waals surface area contributed by atoms with Crippen molar-refractivity contribution >= 4 is 155 Å². The first-order chi connectivity index (χ1) is 48.4. The Morgan fingerprint density at radius 1 is 0.470 bits per heavy atom. The molecule has 6 aromatic heterocycles. The smallest absolute Gasteiger partial charge is 0.270 e. The van der Waals surface area contributed by atoms with Gasteiger partial charge in [-0.2, -0.15) is 0 Å². The molecule has 3 aliphatic carbocycles. The van der Waals surface area contributed by atoms with Crippen LogP contribution in [0.2, 0.25) is 0 Å². The maximum absolute atomic E-state index is 14.7. The molecule has 0 atom stereocenters. The molecule has 0 radical (unpaired) electrons. The van der Waals surface area contributed by atoms with Gasteiger partial charge in [-0.15, -0.1) is 68.0 Å². The molecule has 20 heteroatoms. The summed E-state index contributed by atoms with van der Waals surface area (Å²) in [5.74, 6) is -5.17. The van der Waals surface area contributed by atoms with E-state index in [9.17, 15) is 48.5 Å². The maximum atomic E-state index is 14.7. The van der Waals surface area contributed by atoms with Gasteiger partial charge in [-0.25, -0.2) is 37.8 Å². The van der Waals surface area contributed by atoms with Crippen molar-refractivity contribution in [3.05, 3.63) is 201 Å². The molecule has 0 fully saturated rings. The van der Waals surface area contributed by atoms with Crippen LogP contribution in [0.5, 0.6) is 0 Å². The molecule has 0 unspecified atom stereocenters. The zero-order valence-corrected chi connectivity index (χ0v) is 61.3. The molecular weight excluding hydrogens is 1370 g/mol. The molecule has 512 valence electrons. The molecule has 3 aliphatic rings. The van der Waals surface area contributed by atoms with Crippen LogP contribution in [0.25, 0.3) is 74.1 Å². The number of carbonyl (C=O) groups excluding carboxylic acids is 2. The van der Waals surface area contributed by atoms with Crippen LogP contribution in [0.4, 0.5) is 17.6 Å². The van der Waals surface area contributed by atoms with Crippen LogP contribution >= 0.6 is 68.0 Å². The summed E-state index contributed by atoms with van der Waals surface area (Å²) in [6.45, 7) is 24.4. The summed E-state index contributed by atoms with van der Waals surface area (Å²) in [5, 5.41) is 40.0. The Morgan fingerprint density at radius 3 is 1.11 bits per heavy atom. The molecule has 6 N–H and O–H groups in total. The molecule has 10 nitrogen and oxygen atoms in total. The monoisotopic (exact) mass is 1450 g/mol. The van der Waals surface area contributed by atoms with Crippen molar-refractivity contribution < 1.29 is 27.2 Å². The average Bonchev–Trinajstić information content (AvgIpc) is 1.56. The van der Waals surface area contributed by atoms with Gasteiger partial charge in [0.2, 0.25) is 0 Å². The first-order valence-electron chi connectivity index (χ1n) is 34.4. The summed E-state index contributed by atoms with van der Waals surface area (Å²) >= 11 is 8.64. The van der Waals surface area contributed by atoms with E-state index in [1.807, 2.05) is 36.4 Å². The van der Waals surface area contributed by atoms with E-state index in [1.54, 1.807) is 0 Å². The molecule has 0 amide bonds. The van der Waals surface area contributed by atoms with Crippen molar-refractivity contribution in [2.24, 2.45) is 23.3 Å². The van der Waals surface area contributed by atoms with E-state index in [2.05, 4.69) is 61.7 Å². The van der Waals surface area contributed by atoms with Gasteiger partial charge in [-0.05, 0) is 120 Å². The number of rotatable bonds is 28. The van der Waals surface area contributed by atoms with E-state index >= 15 is 0 Å². The number of ketones is 2. The summed E-state index contributed by atoms with van der Waals surface area (Å²) in [4.78, 5) is 38.2. The van der Waals surface area contributed by atoms with Crippen LogP contribution in [0, 0.1) is 81.7 Å². The Morgan fingerprint density at radius 2 is 0.800 bits per heavy atom. The van der Waals surface area contributed by atoms with Crippen LogP contribution in [0.3, 0.4) is 0 Å². The molecule has 0 saturated carbocycles. The van der Waals surface area contributed by atoms with Gasteiger partial charge in [0.15, 0.2) is 34.8 Å². The lowest BCUT2D eigenvalue weighted by atomic mass is 9.86. The first kappa shape index (κ1) is 72.8. The number of fused-ring (bicyclic) bond motifs is 4. The highest BCUT2D eigenvalue weighted by Crippen LogP contribution is 2.46. The van der Waals surface area contributed by atoms with Crippen molar-refractivity contribution in [3.8, 4) is 12.1 Å². The number of carbonyl (C=O) groups is 2. The normalized spacial score (nSPS) is 16.5. The van der Waals surface area contributed by atoms with Crippen LogP contribution in [0.1, 0.15) is 219 Å². The van der Waals surface area contributed by atoms with Crippen LogP contribution in [-0.4, -0.2) is 23.0 Å². The molecule has 2 aromatic carbocycles. The van der Waals surface area contributed by atoms with Crippen molar-refractivity contribution in [3.63, 3.8) is 0 Å². The summed E-state index contributed by atoms with van der Waals surface area (Å²) in [5.41, 5.74) is 17.1. The molecule has 0 aliphatic heterocycles. The van der Waals surface area contributed by atoms with Gasteiger partial charge in [0.05, 0.1) is 48.1 Å². The fraction of sp³-hybridized carbons (Fsp3) is 0.350. The number of thiophene rings is 6. The maximum Gasteiger partial charge on any atom is 0.270 e. The molecular formula is C80H76F4N8O2S6. The van der Waals surface area contributed by atoms with Gasteiger partial charge in [0.1, 0.15) is 0 Å². The van der Waals surface area contributed by atoms with Crippen LogP contribution < -0.4 is 29.6 Å². The number of Topliss-reactive ketones (excluding diaryl/α,β-unsaturated/α-hetero) is 2. The highest BCUT2D eigenvalue weighted by Gasteiger charge is 2.38. The van der Waals surface area contributed by atoms with Crippen molar-refractivity contribution in [2.45, 2.75) is 169 Å². The SMILES string of the molecule is [C-]#[N+]C(C#N)=C1/C(=c2/cc3s/c(=C\c4sc(C5=C(N)C(N)=C(c6cc(CC(CCCCCC)CCCCCC)c(/C=c7/cc8s/c(=C9/C(=O)c%10cc(F)c(F)cc%10/C9=C(/C#N)[N+]#[C-])cc8s7)s6)C(=N)C5=N)cc4CC(CCCCCC)CCCCCC)cc3s2)C(=O)c2cc(F)c(F)cc21.